The first-order valence-corrected chi connectivity index (χ1v) is 13.9. The summed E-state index contributed by atoms with van der Waals surface area (Å²) in [5.74, 6) is 0. The first-order chi connectivity index (χ1) is 19.4. The van der Waals surface area contributed by atoms with Crippen LogP contribution in [0.2, 0.25) is 0 Å². The fraction of sp³-hybridized carbons (Fsp3) is 0.158. The topological polar surface area (TPSA) is 40.5 Å². The molecule has 0 unspecified atom stereocenters. The predicted molar refractivity (Wildman–Crippen MR) is 169 cm³/mol. The van der Waals surface area contributed by atoms with Gasteiger partial charge in [0, 0.05) is 0 Å². The molecule has 0 fully saturated rings. The lowest BCUT2D eigenvalue weighted by Crippen LogP contribution is -2.02. The number of benzene rings is 6. The van der Waals surface area contributed by atoms with Gasteiger partial charge in [-0.1, -0.05) is 107 Å². The van der Waals surface area contributed by atoms with Crippen LogP contribution in [0.25, 0.3) is 54.9 Å². The summed E-state index contributed by atoms with van der Waals surface area (Å²) in [7, 11) is 0. The van der Waals surface area contributed by atoms with Crippen molar-refractivity contribution in [3.05, 3.63) is 130 Å². The van der Waals surface area contributed by atoms with Gasteiger partial charge in [-0.05, 0) is 106 Å². The van der Waals surface area contributed by atoms with Crippen molar-refractivity contribution in [2.24, 2.45) is 0 Å². The van der Waals surface area contributed by atoms with Gasteiger partial charge in [-0.3, -0.25) is 0 Å². The molecule has 198 valence electrons. The highest BCUT2D eigenvalue weighted by molar-refractivity contribution is 6.11. The smallest absolute Gasteiger partial charge is 0.0694 e. The second kappa shape index (κ2) is 10.4. The molecule has 0 heterocycles. The Balaban J connectivity index is 1.81. The molecular formula is C38H34O2. The Bertz CT molecular complexity index is 1730. The van der Waals surface area contributed by atoms with E-state index in [0.717, 1.165) is 66.1 Å². The van der Waals surface area contributed by atoms with Crippen LogP contribution < -0.4 is 0 Å². The van der Waals surface area contributed by atoms with E-state index in [9.17, 15) is 10.2 Å². The standard InChI is InChI=1S/C38H34O2/c1-23-13-24(2)16-29(15-23)33-19-27-9-5-7-11-31(27)37(35(33)21-39)38-32-12-8-6-10-28(32)20-34(36(38)22-40)30-17-25(3)14-26(4)18-30/h5-20,39-40H,21-22H2,1-4H3. The maximum Gasteiger partial charge on any atom is 0.0694 e. The van der Waals surface area contributed by atoms with E-state index in [-0.39, 0.29) is 13.2 Å². The van der Waals surface area contributed by atoms with E-state index in [2.05, 4.69) is 125 Å². The van der Waals surface area contributed by atoms with Gasteiger partial charge in [0.2, 0.25) is 0 Å². The van der Waals surface area contributed by atoms with Crippen LogP contribution in [-0.2, 0) is 13.2 Å². The summed E-state index contributed by atoms with van der Waals surface area (Å²) in [6.07, 6.45) is 0. The molecule has 0 aromatic heterocycles. The highest BCUT2D eigenvalue weighted by atomic mass is 16.3. The van der Waals surface area contributed by atoms with E-state index in [1.165, 1.54) is 22.3 Å². The minimum absolute atomic E-state index is 0.116. The Morgan fingerprint density at radius 3 is 1.15 bits per heavy atom. The fourth-order valence-corrected chi connectivity index (χ4v) is 6.46. The minimum Gasteiger partial charge on any atom is -0.392 e. The fourth-order valence-electron chi connectivity index (χ4n) is 6.46. The zero-order valence-corrected chi connectivity index (χ0v) is 23.5. The summed E-state index contributed by atoms with van der Waals surface area (Å²) in [4.78, 5) is 0. The second-order valence-corrected chi connectivity index (χ2v) is 11.1. The van der Waals surface area contributed by atoms with E-state index in [4.69, 9.17) is 0 Å². The molecule has 6 aromatic carbocycles. The van der Waals surface area contributed by atoms with Gasteiger partial charge in [0.25, 0.3) is 0 Å². The van der Waals surface area contributed by atoms with Crippen LogP contribution in [0.3, 0.4) is 0 Å². The van der Waals surface area contributed by atoms with Crippen LogP contribution in [0, 0.1) is 27.7 Å². The van der Waals surface area contributed by atoms with Gasteiger partial charge in [-0.25, -0.2) is 0 Å². The van der Waals surface area contributed by atoms with Crippen molar-refractivity contribution >= 4 is 21.5 Å². The number of hydrogen-bond donors (Lipinski definition) is 2. The average Bonchev–Trinajstić information content (AvgIpc) is 2.94. The lowest BCUT2D eigenvalue weighted by Gasteiger charge is -2.23. The van der Waals surface area contributed by atoms with E-state index in [1.807, 2.05) is 0 Å². The van der Waals surface area contributed by atoms with Gasteiger partial charge in [0.05, 0.1) is 13.2 Å². The zero-order valence-electron chi connectivity index (χ0n) is 23.5. The van der Waals surface area contributed by atoms with Crippen molar-refractivity contribution in [3.63, 3.8) is 0 Å². The van der Waals surface area contributed by atoms with Crippen molar-refractivity contribution in [3.8, 4) is 33.4 Å². The molecule has 6 rings (SSSR count). The van der Waals surface area contributed by atoms with Gasteiger partial charge in [-0.15, -0.1) is 0 Å². The van der Waals surface area contributed by atoms with Crippen LogP contribution in [0.5, 0.6) is 0 Å². The third-order valence-electron chi connectivity index (χ3n) is 7.95. The lowest BCUT2D eigenvalue weighted by molar-refractivity contribution is 0.281. The van der Waals surface area contributed by atoms with Gasteiger partial charge in [-0.2, -0.15) is 0 Å². The molecule has 0 atom stereocenters. The van der Waals surface area contributed by atoms with E-state index < -0.39 is 0 Å². The SMILES string of the molecule is Cc1cc(C)cc(-c2cc3ccccc3c(-c3c(CO)c(-c4cc(C)cc(C)c4)cc4ccccc34)c2CO)c1. The number of hydrogen-bond acceptors (Lipinski definition) is 2. The number of fused-ring (bicyclic) bond motifs is 2. The molecule has 6 aromatic rings. The van der Waals surface area contributed by atoms with Crippen LogP contribution in [-0.4, -0.2) is 10.2 Å². The van der Waals surface area contributed by atoms with Gasteiger partial charge >= 0.3 is 0 Å². The molecule has 0 aliphatic rings. The molecule has 0 bridgehead atoms. The molecule has 0 spiro atoms. The third-order valence-corrected chi connectivity index (χ3v) is 7.95. The minimum atomic E-state index is -0.116. The van der Waals surface area contributed by atoms with E-state index >= 15 is 0 Å². The summed E-state index contributed by atoms with van der Waals surface area (Å²) in [6, 6.07) is 34.3. The second-order valence-electron chi connectivity index (χ2n) is 11.1. The van der Waals surface area contributed by atoms with Gasteiger partial charge in [0.1, 0.15) is 0 Å². The van der Waals surface area contributed by atoms with Crippen molar-refractivity contribution in [2.75, 3.05) is 0 Å². The normalized spacial score (nSPS) is 11.4. The third kappa shape index (κ3) is 4.50. The predicted octanol–water partition coefficient (Wildman–Crippen LogP) is 9.21. The number of aliphatic hydroxyl groups excluding tert-OH is 2. The molecule has 0 saturated heterocycles. The van der Waals surface area contributed by atoms with Gasteiger partial charge < -0.3 is 10.2 Å². The molecule has 40 heavy (non-hydrogen) atoms. The maximum atomic E-state index is 11.1. The van der Waals surface area contributed by atoms with Crippen LogP contribution >= 0.6 is 0 Å². The quantitative estimate of drug-likeness (QED) is 0.237. The summed E-state index contributed by atoms with van der Waals surface area (Å²) in [5, 5.41) is 26.4. The first kappa shape index (κ1) is 26.0. The Morgan fingerprint density at radius 1 is 0.450 bits per heavy atom. The Hall–Kier alpha value is -4.24. The molecule has 0 saturated carbocycles. The van der Waals surface area contributed by atoms with E-state index in [1.54, 1.807) is 0 Å². The van der Waals surface area contributed by atoms with Crippen molar-refractivity contribution < 1.29 is 10.2 Å². The Kier molecular flexibility index (Phi) is 6.75. The molecule has 0 aliphatic carbocycles. The molecule has 0 radical (unpaired) electrons. The lowest BCUT2D eigenvalue weighted by atomic mass is 9.81. The summed E-state index contributed by atoms with van der Waals surface area (Å²) in [5.41, 5.74) is 12.7. The zero-order chi connectivity index (χ0) is 28.0. The number of rotatable bonds is 5. The Labute approximate surface area is 236 Å². The van der Waals surface area contributed by atoms with E-state index in [0.29, 0.717) is 0 Å². The first-order valence-electron chi connectivity index (χ1n) is 13.9. The van der Waals surface area contributed by atoms with Crippen molar-refractivity contribution in [2.45, 2.75) is 40.9 Å². The highest BCUT2D eigenvalue weighted by Crippen LogP contribution is 2.46. The monoisotopic (exact) mass is 522 g/mol. The summed E-state index contributed by atoms with van der Waals surface area (Å²) >= 11 is 0. The van der Waals surface area contributed by atoms with Crippen LogP contribution in [0.1, 0.15) is 33.4 Å². The number of aliphatic hydroxyl groups is 2. The molecule has 0 aliphatic heterocycles. The summed E-state index contributed by atoms with van der Waals surface area (Å²) in [6.45, 7) is 8.22. The molecule has 0 amide bonds. The molecule has 2 heteroatoms. The summed E-state index contributed by atoms with van der Waals surface area (Å²) < 4.78 is 0. The number of aryl methyl sites for hydroxylation is 4. The van der Waals surface area contributed by atoms with Crippen molar-refractivity contribution in [1.29, 1.82) is 0 Å². The molecular weight excluding hydrogens is 488 g/mol. The van der Waals surface area contributed by atoms with Crippen molar-refractivity contribution in [1.82, 2.24) is 0 Å². The molecule has 2 nitrogen and oxygen atoms in total. The molecule has 2 N–H and O–H groups in total. The van der Waals surface area contributed by atoms with Crippen LogP contribution in [0.15, 0.2) is 97.1 Å². The maximum absolute atomic E-state index is 11.1. The van der Waals surface area contributed by atoms with Crippen LogP contribution in [0.4, 0.5) is 0 Å². The Morgan fingerprint density at radius 2 is 0.800 bits per heavy atom. The largest absolute Gasteiger partial charge is 0.392 e. The average molecular weight is 523 g/mol. The highest BCUT2D eigenvalue weighted by Gasteiger charge is 2.23. The van der Waals surface area contributed by atoms with Gasteiger partial charge in [0.15, 0.2) is 0 Å².